The fourth-order valence-electron chi connectivity index (χ4n) is 1.30. The van der Waals surface area contributed by atoms with Gasteiger partial charge in [0.2, 0.25) is 5.91 Å². The van der Waals surface area contributed by atoms with E-state index in [4.69, 9.17) is 10.5 Å². The van der Waals surface area contributed by atoms with Gasteiger partial charge in [-0.05, 0) is 38.0 Å². The van der Waals surface area contributed by atoms with E-state index in [0.29, 0.717) is 5.69 Å². The van der Waals surface area contributed by atoms with E-state index in [0.717, 1.165) is 17.7 Å². The lowest BCUT2D eigenvalue weighted by Gasteiger charge is -2.12. The third kappa shape index (κ3) is 4.44. The zero-order valence-corrected chi connectivity index (χ0v) is 10.6. The molecule has 1 amide bonds. The Bertz CT molecular complexity index is 391. The van der Waals surface area contributed by atoms with Crippen LogP contribution in [0.5, 0.6) is 0 Å². The predicted octanol–water partition coefficient (Wildman–Crippen LogP) is 2.33. The topological polar surface area (TPSA) is 64.3 Å². The van der Waals surface area contributed by atoms with E-state index in [9.17, 15) is 4.79 Å². The van der Waals surface area contributed by atoms with E-state index < -0.39 is 0 Å². The quantitative estimate of drug-likeness (QED) is 0.771. The van der Waals surface area contributed by atoms with Crippen molar-refractivity contribution < 1.29 is 9.53 Å². The summed E-state index contributed by atoms with van der Waals surface area (Å²) in [6, 6.07) is 5.43. The lowest BCUT2D eigenvalue weighted by molar-refractivity contribution is -0.122. The number of nitrogens with two attached hydrogens (primary N) is 1. The van der Waals surface area contributed by atoms with Crippen LogP contribution in [-0.4, -0.2) is 18.6 Å². The Kier molecular flexibility index (Phi) is 4.97. The van der Waals surface area contributed by atoms with E-state index in [-0.39, 0.29) is 18.6 Å². The number of ether oxygens (including phenoxy) is 1. The Labute approximate surface area is 102 Å². The van der Waals surface area contributed by atoms with Crippen molar-refractivity contribution in [3.63, 3.8) is 0 Å². The Hall–Kier alpha value is -1.55. The van der Waals surface area contributed by atoms with Crippen LogP contribution >= 0.6 is 0 Å². The molecule has 0 aliphatic carbocycles. The molecular weight excluding hydrogens is 216 g/mol. The van der Waals surface area contributed by atoms with Crippen molar-refractivity contribution in [1.29, 1.82) is 0 Å². The van der Waals surface area contributed by atoms with Gasteiger partial charge in [0.05, 0.1) is 6.10 Å². The molecule has 4 nitrogen and oxygen atoms in total. The van der Waals surface area contributed by atoms with Crippen LogP contribution in [0.4, 0.5) is 11.4 Å². The van der Waals surface area contributed by atoms with Crippen LogP contribution in [0, 0.1) is 6.92 Å². The second-order valence-electron chi connectivity index (χ2n) is 4.15. The van der Waals surface area contributed by atoms with Crippen molar-refractivity contribution in [3.8, 4) is 0 Å². The van der Waals surface area contributed by atoms with Crippen molar-refractivity contribution >= 4 is 17.3 Å². The van der Waals surface area contributed by atoms with Gasteiger partial charge in [0.1, 0.15) is 6.61 Å². The molecule has 0 saturated heterocycles. The van der Waals surface area contributed by atoms with Crippen LogP contribution in [0.3, 0.4) is 0 Å². The molecule has 0 spiro atoms. The van der Waals surface area contributed by atoms with Gasteiger partial charge in [-0.3, -0.25) is 4.79 Å². The maximum Gasteiger partial charge on any atom is 0.250 e. The highest BCUT2D eigenvalue weighted by Crippen LogP contribution is 2.17. The minimum Gasteiger partial charge on any atom is -0.399 e. The molecule has 1 atom stereocenters. The summed E-state index contributed by atoms with van der Waals surface area (Å²) in [6.45, 7) is 5.96. The molecule has 1 rings (SSSR count). The van der Waals surface area contributed by atoms with Gasteiger partial charge in [-0.15, -0.1) is 0 Å². The summed E-state index contributed by atoms with van der Waals surface area (Å²) >= 11 is 0. The number of hydrogen-bond acceptors (Lipinski definition) is 3. The molecule has 0 radical (unpaired) electrons. The zero-order valence-electron chi connectivity index (χ0n) is 10.6. The molecule has 0 aromatic heterocycles. The molecule has 1 unspecified atom stereocenters. The van der Waals surface area contributed by atoms with E-state index in [1.807, 2.05) is 26.8 Å². The lowest BCUT2D eigenvalue weighted by Crippen LogP contribution is -2.22. The van der Waals surface area contributed by atoms with E-state index in [1.165, 1.54) is 0 Å². The molecule has 1 aromatic rings. The predicted molar refractivity (Wildman–Crippen MR) is 69.9 cm³/mol. The van der Waals surface area contributed by atoms with Gasteiger partial charge in [-0.25, -0.2) is 0 Å². The zero-order chi connectivity index (χ0) is 12.8. The van der Waals surface area contributed by atoms with E-state index in [2.05, 4.69) is 5.32 Å². The van der Waals surface area contributed by atoms with Gasteiger partial charge in [-0.2, -0.15) is 0 Å². The minimum atomic E-state index is -0.154. The van der Waals surface area contributed by atoms with Gasteiger partial charge >= 0.3 is 0 Å². The molecule has 0 aliphatic heterocycles. The standard InChI is InChI=1S/C13H20N2O2/c1-4-10(3)17-8-13(16)15-12-7-11(14)6-5-9(12)2/h5-7,10H,4,8,14H2,1-3H3,(H,15,16). The molecule has 0 saturated carbocycles. The Balaban J connectivity index is 2.53. The summed E-state index contributed by atoms with van der Waals surface area (Å²) < 4.78 is 5.35. The number of rotatable bonds is 5. The number of amides is 1. The van der Waals surface area contributed by atoms with Gasteiger partial charge in [-0.1, -0.05) is 13.0 Å². The summed E-state index contributed by atoms with van der Waals surface area (Å²) in [5, 5.41) is 2.79. The van der Waals surface area contributed by atoms with Crippen molar-refractivity contribution in [2.75, 3.05) is 17.7 Å². The summed E-state index contributed by atoms with van der Waals surface area (Å²) in [6.07, 6.45) is 0.993. The summed E-state index contributed by atoms with van der Waals surface area (Å²) in [4.78, 5) is 11.6. The molecule has 94 valence electrons. The maximum atomic E-state index is 11.6. The van der Waals surface area contributed by atoms with Crippen LogP contribution in [-0.2, 0) is 9.53 Å². The van der Waals surface area contributed by atoms with Gasteiger partial charge in [0.25, 0.3) is 0 Å². The normalized spacial score (nSPS) is 12.2. The molecule has 0 fully saturated rings. The van der Waals surface area contributed by atoms with Crippen LogP contribution in [0.2, 0.25) is 0 Å². The smallest absolute Gasteiger partial charge is 0.250 e. The number of aryl methyl sites for hydroxylation is 1. The Morgan fingerprint density at radius 1 is 1.53 bits per heavy atom. The van der Waals surface area contributed by atoms with Crippen molar-refractivity contribution in [2.45, 2.75) is 33.3 Å². The van der Waals surface area contributed by atoms with E-state index in [1.54, 1.807) is 12.1 Å². The van der Waals surface area contributed by atoms with Crippen molar-refractivity contribution in [3.05, 3.63) is 23.8 Å². The monoisotopic (exact) mass is 236 g/mol. The summed E-state index contributed by atoms with van der Waals surface area (Å²) in [7, 11) is 0. The number of nitrogen functional groups attached to an aromatic ring is 1. The molecule has 0 heterocycles. The second kappa shape index (κ2) is 6.25. The first-order chi connectivity index (χ1) is 8.02. The van der Waals surface area contributed by atoms with Crippen LogP contribution in [0.15, 0.2) is 18.2 Å². The first-order valence-electron chi connectivity index (χ1n) is 5.80. The van der Waals surface area contributed by atoms with E-state index >= 15 is 0 Å². The number of anilines is 2. The lowest BCUT2D eigenvalue weighted by atomic mass is 10.2. The van der Waals surface area contributed by atoms with Crippen molar-refractivity contribution in [1.82, 2.24) is 0 Å². The average molecular weight is 236 g/mol. The largest absolute Gasteiger partial charge is 0.399 e. The SMILES string of the molecule is CCC(C)OCC(=O)Nc1cc(N)ccc1C. The van der Waals surface area contributed by atoms with Crippen molar-refractivity contribution in [2.24, 2.45) is 0 Å². The third-order valence-electron chi connectivity index (χ3n) is 2.61. The molecule has 4 heteroatoms. The molecule has 17 heavy (non-hydrogen) atoms. The highest BCUT2D eigenvalue weighted by Gasteiger charge is 2.07. The highest BCUT2D eigenvalue weighted by atomic mass is 16.5. The minimum absolute atomic E-state index is 0.0727. The maximum absolute atomic E-state index is 11.6. The Morgan fingerprint density at radius 3 is 2.88 bits per heavy atom. The van der Waals surface area contributed by atoms with Crippen LogP contribution < -0.4 is 11.1 Å². The molecule has 3 N–H and O–H groups in total. The summed E-state index contributed by atoms with van der Waals surface area (Å²) in [5.74, 6) is -0.154. The molecular formula is C13H20N2O2. The summed E-state index contributed by atoms with van der Waals surface area (Å²) in [5.41, 5.74) is 8.02. The van der Waals surface area contributed by atoms with Gasteiger partial charge < -0.3 is 15.8 Å². The van der Waals surface area contributed by atoms with Gasteiger partial charge in [0, 0.05) is 11.4 Å². The molecule has 1 aromatic carbocycles. The molecule has 0 bridgehead atoms. The fourth-order valence-corrected chi connectivity index (χ4v) is 1.30. The van der Waals surface area contributed by atoms with Gasteiger partial charge in [0.15, 0.2) is 0 Å². The first-order valence-corrected chi connectivity index (χ1v) is 5.80. The fraction of sp³-hybridized carbons (Fsp3) is 0.462. The first kappa shape index (κ1) is 13.5. The number of nitrogens with one attached hydrogen (secondary N) is 1. The highest BCUT2D eigenvalue weighted by molar-refractivity contribution is 5.92. The third-order valence-corrected chi connectivity index (χ3v) is 2.61. The second-order valence-corrected chi connectivity index (χ2v) is 4.15. The van der Waals surface area contributed by atoms with Crippen LogP contribution in [0.1, 0.15) is 25.8 Å². The molecule has 0 aliphatic rings. The average Bonchev–Trinajstić information content (AvgIpc) is 2.30. The number of hydrogen-bond donors (Lipinski definition) is 2. The Morgan fingerprint density at radius 2 is 2.24 bits per heavy atom. The number of carbonyl (C=O) groups is 1. The number of benzene rings is 1. The van der Waals surface area contributed by atoms with Crippen LogP contribution in [0.25, 0.3) is 0 Å². The number of carbonyl (C=O) groups excluding carboxylic acids is 1.